The molecule has 6 nitrogen and oxygen atoms in total. The first-order chi connectivity index (χ1) is 21.6. The van der Waals surface area contributed by atoms with E-state index in [1.807, 2.05) is 72.7 Å². The number of unbranched alkanes of at least 4 members (excludes halogenated alkanes) is 5. The van der Waals surface area contributed by atoms with Crippen LogP contribution in [-0.2, 0) is 36.7 Å². The highest BCUT2D eigenvalue weighted by Gasteiger charge is 2.38. The summed E-state index contributed by atoms with van der Waals surface area (Å²) >= 11 is 0. The van der Waals surface area contributed by atoms with Gasteiger partial charge in [0.25, 0.3) is 0 Å². The van der Waals surface area contributed by atoms with Gasteiger partial charge in [0.05, 0.1) is 11.3 Å². The molecule has 0 bridgehead atoms. The van der Waals surface area contributed by atoms with Crippen molar-refractivity contribution >= 4 is 11.9 Å². The molecule has 2 aromatic carbocycles. The Kier molecular flexibility index (Phi) is 14.4. The molecule has 0 spiro atoms. The van der Waals surface area contributed by atoms with Gasteiger partial charge in [0.15, 0.2) is 0 Å². The van der Waals surface area contributed by atoms with Gasteiger partial charge in [-0.2, -0.15) is 0 Å². The average Bonchev–Trinajstić information content (AvgIpc) is 2.92. The summed E-state index contributed by atoms with van der Waals surface area (Å²) in [7, 11) is 0. The second-order valence-corrected chi connectivity index (χ2v) is 18.1. The van der Waals surface area contributed by atoms with Crippen LogP contribution in [0.3, 0.4) is 0 Å². The lowest BCUT2D eigenvalue weighted by atomic mass is 9.72. The largest absolute Gasteiger partial charge is 0.507 e. The van der Waals surface area contributed by atoms with Crippen molar-refractivity contribution in [2.24, 2.45) is 0 Å². The van der Waals surface area contributed by atoms with E-state index in [-0.39, 0.29) is 27.4 Å². The molecular formula is C42H68O6. The van der Waals surface area contributed by atoms with E-state index in [9.17, 15) is 30.0 Å². The number of aliphatic carboxylic acids is 2. The number of phenols is 2. The van der Waals surface area contributed by atoms with Crippen molar-refractivity contribution < 1.29 is 30.0 Å². The minimum atomic E-state index is -0.946. The number of carboxylic acid groups (broad SMARTS) is 2. The van der Waals surface area contributed by atoms with Crippen LogP contribution in [0.4, 0.5) is 0 Å². The number of carbonyl (C=O) groups is 2. The summed E-state index contributed by atoms with van der Waals surface area (Å²) in [6.45, 7) is 30.2. The maximum absolute atomic E-state index is 12.3. The molecule has 4 N–H and O–H groups in total. The summed E-state index contributed by atoms with van der Waals surface area (Å²) < 4.78 is 0. The first-order valence-electron chi connectivity index (χ1n) is 17.8. The van der Waals surface area contributed by atoms with E-state index in [1.165, 1.54) is 25.7 Å². The lowest BCUT2D eigenvalue weighted by molar-refractivity contribution is -0.143. The second kappa shape index (κ2) is 16.1. The third kappa shape index (κ3) is 11.3. The third-order valence-corrected chi connectivity index (χ3v) is 9.48. The summed E-state index contributed by atoms with van der Waals surface area (Å²) in [5, 5.41) is 40.8. The van der Waals surface area contributed by atoms with Gasteiger partial charge >= 0.3 is 11.9 Å². The molecule has 272 valence electrons. The molecular weight excluding hydrogens is 600 g/mol. The molecule has 0 radical (unpaired) electrons. The molecule has 48 heavy (non-hydrogen) atoms. The quantitative estimate of drug-likeness (QED) is 0.177. The molecule has 0 amide bonds. The summed E-state index contributed by atoms with van der Waals surface area (Å²) in [4.78, 5) is 23.6. The van der Waals surface area contributed by atoms with E-state index in [2.05, 4.69) is 48.5 Å². The molecule has 0 aliphatic rings. The molecule has 0 saturated heterocycles. The standard InChI is InChI=1S/C25H42O3.C17H26O3/c1-9-10-11-12-13-14-15-25(8,22(27)28)18-16-19(23(2,3)4)21(26)20(17-18)24(5,6)7;1-10(15(19)20)11-8-12(16(2,3)4)14(18)13(9-11)17(5,6)7/h16-17,26H,9-15H2,1-8H3,(H,27,28);8-10,18H,1-7H3,(H,19,20). The summed E-state index contributed by atoms with van der Waals surface area (Å²) in [6, 6.07) is 7.50. The van der Waals surface area contributed by atoms with E-state index in [0.717, 1.165) is 46.2 Å². The van der Waals surface area contributed by atoms with Gasteiger partial charge in [0, 0.05) is 0 Å². The Hall–Kier alpha value is -3.02. The van der Waals surface area contributed by atoms with Crippen LogP contribution in [0.25, 0.3) is 0 Å². The Morgan fingerprint density at radius 3 is 1.23 bits per heavy atom. The second-order valence-electron chi connectivity index (χ2n) is 18.1. The molecule has 0 aliphatic carbocycles. The van der Waals surface area contributed by atoms with Crippen LogP contribution < -0.4 is 0 Å². The first kappa shape index (κ1) is 43.0. The summed E-state index contributed by atoms with van der Waals surface area (Å²) in [6.07, 6.45) is 7.44. The molecule has 2 aromatic rings. The van der Waals surface area contributed by atoms with Gasteiger partial charge in [-0.05, 0) is 75.3 Å². The van der Waals surface area contributed by atoms with Crippen molar-refractivity contribution in [3.05, 3.63) is 57.6 Å². The number of aromatic hydroxyl groups is 2. The number of hydrogen-bond acceptors (Lipinski definition) is 4. The Morgan fingerprint density at radius 1 is 0.583 bits per heavy atom. The Bertz CT molecular complexity index is 1320. The molecule has 2 unspecified atom stereocenters. The van der Waals surface area contributed by atoms with Gasteiger partial charge < -0.3 is 20.4 Å². The van der Waals surface area contributed by atoms with E-state index in [4.69, 9.17) is 0 Å². The highest BCUT2D eigenvalue weighted by molar-refractivity contribution is 5.81. The number of hydrogen-bond donors (Lipinski definition) is 4. The Morgan fingerprint density at radius 2 is 0.917 bits per heavy atom. The van der Waals surface area contributed by atoms with E-state index in [1.54, 1.807) is 6.92 Å². The van der Waals surface area contributed by atoms with Crippen LogP contribution >= 0.6 is 0 Å². The van der Waals surface area contributed by atoms with Gasteiger partial charge in [-0.1, -0.05) is 153 Å². The van der Waals surface area contributed by atoms with Gasteiger partial charge in [0.1, 0.15) is 11.5 Å². The Balaban J connectivity index is 0.000000507. The fourth-order valence-electron chi connectivity index (χ4n) is 5.92. The zero-order valence-electron chi connectivity index (χ0n) is 32.9. The number of carboxylic acids is 2. The number of phenolic OH excluding ortho intramolecular Hbond substituents is 2. The predicted octanol–water partition coefficient (Wildman–Crippen LogP) is 11.3. The molecule has 2 atom stereocenters. The SMILES string of the molecule is CC(C(=O)O)c1cc(C(C)(C)C)c(O)c(C(C)(C)C)c1.CCCCCCCCC(C)(C(=O)O)c1cc(C(C)(C)C)c(O)c(C(C)(C)C)c1. The summed E-state index contributed by atoms with van der Waals surface area (Å²) in [5.41, 5.74) is 2.84. The zero-order valence-corrected chi connectivity index (χ0v) is 32.9. The van der Waals surface area contributed by atoms with Crippen LogP contribution in [-0.4, -0.2) is 32.4 Å². The zero-order chi connectivity index (χ0) is 37.6. The van der Waals surface area contributed by atoms with Crippen LogP contribution in [0.2, 0.25) is 0 Å². The van der Waals surface area contributed by atoms with Gasteiger partial charge in [0.2, 0.25) is 0 Å². The molecule has 6 heteroatoms. The highest BCUT2D eigenvalue weighted by atomic mass is 16.4. The van der Waals surface area contributed by atoms with Crippen molar-refractivity contribution in [1.29, 1.82) is 0 Å². The molecule has 2 rings (SSSR count). The lowest BCUT2D eigenvalue weighted by Crippen LogP contribution is -2.33. The maximum atomic E-state index is 12.3. The van der Waals surface area contributed by atoms with Crippen molar-refractivity contribution in [3.63, 3.8) is 0 Å². The minimum Gasteiger partial charge on any atom is -0.507 e. The van der Waals surface area contributed by atoms with Crippen LogP contribution in [0, 0.1) is 0 Å². The van der Waals surface area contributed by atoms with E-state index >= 15 is 0 Å². The highest BCUT2D eigenvalue weighted by Crippen LogP contribution is 2.44. The van der Waals surface area contributed by atoms with Crippen LogP contribution in [0.1, 0.15) is 188 Å². The van der Waals surface area contributed by atoms with Gasteiger partial charge in [-0.15, -0.1) is 0 Å². The topological polar surface area (TPSA) is 115 Å². The monoisotopic (exact) mass is 669 g/mol. The fourth-order valence-corrected chi connectivity index (χ4v) is 5.92. The normalized spacial score (nSPS) is 14.5. The fraction of sp³-hybridized carbons (Fsp3) is 0.667. The van der Waals surface area contributed by atoms with E-state index in [0.29, 0.717) is 12.2 Å². The van der Waals surface area contributed by atoms with Crippen LogP contribution in [0.15, 0.2) is 24.3 Å². The molecule has 0 aromatic heterocycles. The van der Waals surface area contributed by atoms with Gasteiger partial charge in [-0.3, -0.25) is 9.59 Å². The lowest BCUT2D eigenvalue weighted by Gasteiger charge is -2.32. The Labute approximate surface area is 292 Å². The van der Waals surface area contributed by atoms with Crippen molar-refractivity contribution in [1.82, 2.24) is 0 Å². The van der Waals surface area contributed by atoms with Crippen molar-refractivity contribution in [3.8, 4) is 11.5 Å². The number of benzene rings is 2. The smallest absolute Gasteiger partial charge is 0.313 e. The average molecular weight is 669 g/mol. The maximum Gasteiger partial charge on any atom is 0.313 e. The molecule has 0 aliphatic heterocycles. The molecule has 0 fully saturated rings. The third-order valence-electron chi connectivity index (χ3n) is 9.48. The predicted molar refractivity (Wildman–Crippen MR) is 200 cm³/mol. The van der Waals surface area contributed by atoms with E-state index < -0.39 is 23.3 Å². The van der Waals surface area contributed by atoms with Crippen LogP contribution in [0.5, 0.6) is 11.5 Å². The van der Waals surface area contributed by atoms with Crippen molar-refractivity contribution in [2.45, 2.75) is 182 Å². The first-order valence-corrected chi connectivity index (χ1v) is 17.8. The number of rotatable bonds is 11. The summed E-state index contributed by atoms with van der Waals surface area (Å²) in [5.74, 6) is -1.64. The van der Waals surface area contributed by atoms with Crippen molar-refractivity contribution in [2.75, 3.05) is 0 Å². The van der Waals surface area contributed by atoms with Gasteiger partial charge in [-0.25, -0.2) is 0 Å². The molecule has 0 heterocycles. The molecule has 0 saturated carbocycles. The minimum absolute atomic E-state index is 0.238.